The lowest BCUT2D eigenvalue weighted by Gasteiger charge is -2.34. The zero-order chi connectivity index (χ0) is 27.1. The molecule has 0 fully saturated rings. The van der Waals surface area contributed by atoms with Gasteiger partial charge in [0.2, 0.25) is 21.8 Å². The van der Waals surface area contributed by atoms with E-state index in [4.69, 9.17) is 4.74 Å². The summed E-state index contributed by atoms with van der Waals surface area (Å²) in [6, 6.07) is 13.6. The molecule has 8 nitrogen and oxygen atoms in total. The fourth-order valence-corrected chi connectivity index (χ4v) is 4.87. The first-order chi connectivity index (χ1) is 16.8. The second-order valence-electron chi connectivity index (χ2n) is 9.79. The van der Waals surface area contributed by atoms with Crippen molar-refractivity contribution in [3.8, 4) is 5.75 Å². The van der Waals surface area contributed by atoms with E-state index in [1.807, 2.05) is 58.9 Å². The van der Waals surface area contributed by atoms with Gasteiger partial charge in [0.05, 0.1) is 19.1 Å². The van der Waals surface area contributed by atoms with Gasteiger partial charge < -0.3 is 15.0 Å². The van der Waals surface area contributed by atoms with Crippen LogP contribution in [0.2, 0.25) is 0 Å². The quantitative estimate of drug-likeness (QED) is 0.490. The van der Waals surface area contributed by atoms with Crippen molar-refractivity contribution in [2.45, 2.75) is 65.6 Å². The number of sulfonamides is 1. The summed E-state index contributed by atoms with van der Waals surface area (Å²) in [4.78, 5) is 28.5. The molecule has 0 aliphatic rings. The molecule has 2 rings (SSSR count). The summed E-state index contributed by atoms with van der Waals surface area (Å²) < 4.78 is 32.1. The van der Waals surface area contributed by atoms with Gasteiger partial charge in [0.15, 0.2) is 0 Å². The molecular weight excluding hydrogens is 478 g/mol. The van der Waals surface area contributed by atoms with Gasteiger partial charge in [-0.3, -0.25) is 13.9 Å². The average molecular weight is 518 g/mol. The van der Waals surface area contributed by atoms with Gasteiger partial charge in [-0.15, -0.1) is 0 Å². The minimum atomic E-state index is -3.78. The molecule has 0 saturated heterocycles. The summed E-state index contributed by atoms with van der Waals surface area (Å²) in [5.74, 6) is -0.132. The highest BCUT2D eigenvalue weighted by atomic mass is 32.2. The maximum absolute atomic E-state index is 13.8. The smallest absolute Gasteiger partial charge is 0.244 e. The Labute approximate surface area is 215 Å². The standard InChI is InChI=1S/C27H39N3O5S/c1-8-21-14-10-11-16-24(21)30(36(7,33)34)19-25(31)29(18-20-13-12-15-22(17-20)35-6)23(9-2)26(32)28-27(3,4)5/h10-17,23H,8-9,18-19H2,1-7H3,(H,28,32)/t23-/m0/s1. The lowest BCUT2D eigenvalue weighted by Crippen LogP contribution is -2.55. The molecule has 0 spiro atoms. The van der Waals surface area contributed by atoms with E-state index in [-0.39, 0.29) is 12.5 Å². The van der Waals surface area contributed by atoms with Gasteiger partial charge in [-0.25, -0.2) is 8.42 Å². The molecule has 2 aromatic carbocycles. The van der Waals surface area contributed by atoms with Gasteiger partial charge in [0, 0.05) is 12.1 Å². The Morgan fingerprint density at radius 2 is 1.72 bits per heavy atom. The molecule has 0 heterocycles. The normalized spacial score (nSPS) is 12.5. The zero-order valence-corrected chi connectivity index (χ0v) is 23.2. The van der Waals surface area contributed by atoms with Crippen LogP contribution in [0, 0.1) is 0 Å². The maximum atomic E-state index is 13.8. The molecule has 36 heavy (non-hydrogen) atoms. The van der Waals surface area contributed by atoms with Crippen LogP contribution in [0.25, 0.3) is 0 Å². The molecule has 0 radical (unpaired) electrons. The number of para-hydroxylation sites is 1. The summed E-state index contributed by atoms with van der Waals surface area (Å²) in [5, 5.41) is 2.96. The Hall–Kier alpha value is -3.07. The summed E-state index contributed by atoms with van der Waals surface area (Å²) in [6.45, 7) is 9.09. The molecule has 1 atom stereocenters. The van der Waals surface area contributed by atoms with Crippen LogP contribution in [0.3, 0.4) is 0 Å². The fourth-order valence-electron chi connectivity index (χ4n) is 3.99. The molecule has 0 aliphatic heterocycles. The van der Waals surface area contributed by atoms with E-state index < -0.39 is 34.1 Å². The minimum absolute atomic E-state index is 0.124. The third-order valence-corrected chi connectivity index (χ3v) is 6.82. The minimum Gasteiger partial charge on any atom is -0.497 e. The van der Waals surface area contributed by atoms with Crippen LogP contribution in [0.4, 0.5) is 5.69 Å². The van der Waals surface area contributed by atoms with E-state index in [1.165, 1.54) is 4.90 Å². The van der Waals surface area contributed by atoms with Crippen LogP contribution >= 0.6 is 0 Å². The first kappa shape index (κ1) is 29.2. The van der Waals surface area contributed by atoms with Crippen molar-refractivity contribution in [3.05, 3.63) is 59.7 Å². The predicted molar refractivity (Wildman–Crippen MR) is 144 cm³/mol. The molecule has 0 aromatic heterocycles. The molecule has 2 aromatic rings. The first-order valence-electron chi connectivity index (χ1n) is 12.1. The summed E-state index contributed by atoms with van der Waals surface area (Å²) >= 11 is 0. The van der Waals surface area contributed by atoms with E-state index >= 15 is 0 Å². The SMILES string of the molecule is CCc1ccccc1N(CC(=O)N(Cc1cccc(OC)c1)[C@@H](CC)C(=O)NC(C)(C)C)S(C)(=O)=O. The number of anilines is 1. The van der Waals surface area contributed by atoms with Crippen LogP contribution < -0.4 is 14.4 Å². The van der Waals surface area contributed by atoms with Crippen molar-refractivity contribution in [3.63, 3.8) is 0 Å². The van der Waals surface area contributed by atoms with E-state index in [0.717, 1.165) is 21.7 Å². The van der Waals surface area contributed by atoms with E-state index in [1.54, 1.807) is 31.4 Å². The van der Waals surface area contributed by atoms with Gasteiger partial charge in [0.1, 0.15) is 18.3 Å². The largest absolute Gasteiger partial charge is 0.497 e. The fraction of sp³-hybridized carbons (Fsp3) is 0.481. The third kappa shape index (κ3) is 7.98. The van der Waals surface area contributed by atoms with Crippen molar-refractivity contribution in [1.82, 2.24) is 10.2 Å². The number of nitrogens with one attached hydrogen (secondary N) is 1. The van der Waals surface area contributed by atoms with Crippen LogP contribution in [0.15, 0.2) is 48.5 Å². The Balaban J connectivity index is 2.51. The number of methoxy groups -OCH3 is 1. The number of rotatable bonds is 11. The van der Waals surface area contributed by atoms with Crippen molar-refractivity contribution in [1.29, 1.82) is 0 Å². The maximum Gasteiger partial charge on any atom is 0.244 e. The number of carbonyl (C=O) groups is 2. The van der Waals surface area contributed by atoms with Gasteiger partial charge in [0.25, 0.3) is 0 Å². The first-order valence-corrected chi connectivity index (χ1v) is 14.0. The van der Waals surface area contributed by atoms with Crippen molar-refractivity contribution >= 4 is 27.5 Å². The van der Waals surface area contributed by atoms with Gasteiger partial charge in [-0.2, -0.15) is 0 Å². The Morgan fingerprint density at radius 3 is 2.28 bits per heavy atom. The highest BCUT2D eigenvalue weighted by Gasteiger charge is 2.33. The molecule has 2 amide bonds. The molecule has 1 N–H and O–H groups in total. The number of benzene rings is 2. The van der Waals surface area contributed by atoms with E-state index in [2.05, 4.69) is 5.32 Å². The Bertz CT molecular complexity index is 1160. The summed E-state index contributed by atoms with van der Waals surface area (Å²) in [5.41, 5.74) is 1.55. The highest BCUT2D eigenvalue weighted by molar-refractivity contribution is 7.92. The van der Waals surface area contributed by atoms with Crippen LogP contribution in [0.5, 0.6) is 5.75 Å². The number of ether oxygens (including phenoxy) is 1. The van der Waals surface area contributed by atoms with Crippen LogP contribution in [-0.2, 0) is 32.6 Å². The number of carbonyl (C=O) groups excluding carboxylic acids is 2. The predicted octanol–water partition coefficient (Wildman–Crippen LogP) is 3.75. The van der Waals surface area contributed by atoms with Gasteiger partial charge >= 0.3 is 0 Å². The molecule has 0 saturated carbocycles. The van der Waals surface area contributed by atoms with Crippen molar-refractivity contribution < 1.29 is 22.7 Å². The van der Waals surface area contributed by atoms with Gasteiger partial charge in [-0.1, -0.05) is 44.2 Å². The molecule has 0 unspecified atom stereocenters. The van der Waals surface area contributed by atoms with E-state index in [0.29, 0.717) is 24.3 Å². The van der Waals surface area contributed by atoms with Gasteiger partial charge in [-0.05, 0) is 62.9 Å². The second kappa shape index (κ2) is 12.3. The monoisotopic (exact) mass is 517 g/mol. The molecule has 198 valence electrons. The second-order valence-corrected chi connectivity index (χ2v) is 11.7. The zero-order valence-electron chi connectivity index (χ0n) is 22.4. The number of hydrogen-bond donors (Lipinski definition) is 1. The number of nitrogens with zero attached hydrogens (tertiary/aromatic N) is 2. The molecular formula is C27H39N3O5S. The average Bonchev–Trinajstić information content (AvgIpc) is 2.80. The number of aryl methyl sites for hydroxylation is 1. The Kier molecular flexibility index (Phi) is 9.93. The Morgan fingerprint density at radius 1 is 1.06 bits per heavy atom. The topological polar surface area (TPSA) is 96.0 Å². The van der Waals surface area contributed by atoms with E-state index in [9.17, 15) is 18.0 Å². The van der Waals surface area contributed by atoms with Crippen molar-refractivity contribution in [2.75, 3.05) is 24.2 Å². The third-order valence-electron chi connectivity index (χ3n) is 5.69. The summed E-state index contributed by atoms with van der Waals surface area (Å²) in [6.07, 6.45) is 2.06. The van der Waals surface area contributed by atoms with Crippen molar-refractivity contribution in [2.24, 2.45) is 0 Å². The summed E-state index contributed by atoms with van der Waals surface area (Å²) in [7, 11) is -2.22. The lowest BCUT2D eigenvalue weighted by molar-refractivity contribution is -0.141. The molecule has 0 bridgehead atoms. The highest BCUT2D eigenvalue weighted by Crippen LogP contribution is 2.25. The molecule has 9 heteroatoms. The van der Waals surface area contributed by atoms with Crippen LogP contribution in [0.1, 0.15) is 52.2 Å². The number of hydrogen-bond acceptors (Lipinski definition) is 5. The molecule has 0 aliphatic carbocycles. The number of amides is 2. The van der Waals surface area contributed by atoms with Crippen LogP contribution in [-0.4, -0.2) is 56.6 Å². The lowest BCUT2D eigenvalue weighted by atomic mass is 10.1.